The first-order valence-electron chi connectivity index (χ1n) is 7.80. The fourth-order valence-electron chi connectivity index (χ4n) is 3.43. The van der Waals surface area contributed by atoms with E-state index in [1.54, 1.807) is 13.8 Å². The summed E-state index contributed by atoms with van der Waals surface area (Å²) < 4.78 is 10.7. The van der Waals surface area contributed by atoms with Crippen molar-refractivity contribution in [2.75, 3.05) is 0 Å². The Morgan fingerprint density at radius 3 is 2.65 bits per heavy atom. The van der Waals surface area contributed by atoms with Gasteiger partial charge in [-0.15, -0.1) is 0 Å². The Bertz CT molecular complexity index is 636. The van der Waals surface area contributed by atoms with Crippen molar-refractivity contribution < 1.29 is 24.2 Å². The number of benzene rings is 1. The van der Waals surface area contributed by atoms with E-state index < -0.39 is 30.1 Å². The van der Waals surface area contributed by atoms with Crippen LogP contribution in [0.4, 0.5) is 0 Å². The summed E-state index contributed by atoms with van der Waals surface area (Å²) in [4.78, 5) is 24.5. The van der Waals surface area contributed by atoms with Crippen molar-refractivity contribution in [2.24, 2.45) is 17.8 Å². The van der Waals surface area contributed by atoms with Crippen LogP contribution < -0.4 is 0 Å². The number of rotatable bonds is 3. The average Bonchev–Trinajstić information content (AvgIpc) is 2.81. The number of cyclic esters (lactones) is 1. The minimum atomic E-state index is -0.853. The highest BCUT2D eigenvalue weighted by Crippen LogP contribution is 2.43. The fourth-order valence-corrected chi connectivity index (χ4v) is 3.43. The smallest absolute Gasteiger partial charge is 0.334 e. The van der Waals surface area contributed by atoms with Gasteiger partial charge in [-0.25, -0.2) is 4.79 Å². The molecule has 0 unspecified atom stereocenters. The van der Waals surface area contributed by atoms with E-state index in [0.717, 1.165) is 5.56 Å². The van der Waals surface area contributed by atoms with Gasteiger partial charge in [0.15, 0.2) is 0 Å². The molecule has 0 saturated carbocycles. The number of esters is 2. The Morgan fingerprint density at radius 2 is 1.96 bits per heavy atom. The number of carbonyl (C=O) groups is 2. The molecule has 1 saturated heterocycles. The Kier molecular flexibility index (Phi) is 4.22. The highest BCUT2D eigenvalue weighted by Gasteiger charge is 2.51. The first-order chi connectivity index (χ1) is 11.0. The second kappa shape index (κ2) is 6.16. The van der Waals surface area contributed by atoms with Crippen molar-refractivity contribution in [3.63, 3.8) is 0 Å². The lowest BCUT2D eigenvalue weighted by molar-refractivity contribution is -0.157. The first kappa shape index (κ1) is 15.7. The lowest BCUT2D eigenvalue weighted by Gasteiger charge is -2.34. The molecule has 0 spiro atoms. The maximum absolute atomic E-state index is 12.6. The summed E-state index contributed by atoms with van der Waals surface area (Å²) in [6.45, 7) is 3.74. The zero-order chi connectivity index (χ0) is 16.6. The van der Waals surface area contributed by atoms with E-state index in [1.807, 2.05) is 30.3 Å². The van der Waals surface area contributed by atoms with Gasteiger partial charge < -0.3 is 14.6 Å². The molecule has 122 valence electrons. The van der Waals surface area contributed by atoms with E-state index in [1.165, 1.54) is 6.08 Å². The second-order valence-electron chi connectivity index (χ2n) is 6.23. The minimum absolute atomic E-state index is 0.175. The van der Waals surface area contributed by atoms with Gasteiger partial charge in [-0.2, -0.15) is 0 Å². The lowest BCUT2D eigenvalue weighted by atomic mass is 9.70. The van der Waals surface area contributed by atoms with Crippen LogP contribution in [-0.4, -0.2) is 29.3 Å². The Balaban J connectivity index is 1.78. The summed E-state index contributed by atoms with van der Waals surface area (Å²) in [7, 11) is 0. The van der Waals surface area contributed by atoms with Gasteiger partial charge in [-0.05, 0) is 24.5 Å². The quantitative estimate of drug-likeness (QED) is 0.862. The van der Waals surface area contributed by atoms with Gasteiger partial charge >= 0.3 is 11.9 Å². The van der Waals surface area contributed by atoms with Crippen LogP contribution in [0.2, 0.25) is 0 Å². The maximum atomic E-state index is 12.6. The molecule has 5 heteroatoms. The molecular formula is C18H20O5. The van der Waals surface area contributed by atoms with Crippen LogP contribution in [0.15, 0.2) is 42.0 Å². The molecule has 1 aliphatic heterocycles. The number of carbonyl (C=O) groups excluding carboxylic acids is 2. The molecule has 1 heterocycles. The van der Waals surface area contributed by atoms with Gasteiger partial charge in [0.05, 0.1) is 12.0 Å². The third kappa shape index (κ3) is 2.88. The topological polar surface area (TPSA) is 72.8 Å². The molecule has 2 aliphatic rings. The highest BCUT2D eigenvalue weighted by molar-refractivity contribution is 5.93. The van der Waals surface area contributed by atoms with Gasteiger partial charge in [0.2, 0.25) is 0 Å². The predicted molar refractivity (Wildman–Crippen MR) is 82.0 cm³/mol. The molecule has 1 aromatic rings. The molecule has 0 aromatic heterocycles. The third-order valence-corrected chi connectivity index (χ3v) is 4.73. The van der Waals surface area contributed by atoms with Gasteiger partial charge in [-0.3, -0.25) is 4.79 Å². The summed E-state index contributed by atoms with van der Waals surface area (Å²) in [6.07, 6.45) is 0.272. The van der Waals surface area contributed by atoms with E-state index in [-0.39, 0.29) is 18.4 Å². The number of aliphatic hydroxyl groups is 1. The van der Waals surface area contributed by atoms with E-state index in [9.17, 15) is 14.7 Å². The Labute approximate surface area is 134 Å². The molecule has 5 nitrogen and oxygen atoms in total. The fraction of sp³-hybridized carbons (Fsp3) is 0.444. The highest BCUT2D eigenvalue weighted by atomic mass is 16.6. The molecule has 1 aromatic carbocycles. The average molecular weight is 316 g/mol. The maximum Gasteiger partial charge on any atom is 0.334 e. The monoisotopic (exact) mass is 316 g/mol. The van der Waals surface area contributed by atoms with Crippen LogP contribution in [-0.2, 0) is 25.7 Å². The van der Waals surface area contributed by atoms with Gasteiger partial charge in [-0.1, -0.05) is 37.3 Å². The van der Waals surface area contributed by atoms with Crippen molar-refractivity contribution in [2.45, 2.75) is 32.7 Å². The van der Waals surface area contributed by atoms with Gasteiger partial charge in [0.1, 0.15) is 12.7 Å². The van der Waals surface area contributed by atoms with Crippen molar-refractivity contribution in [3.8, 4) is 0 Å². The van der Waals surface area contributed by atoms with Crippen molar-refractivity contribution in [1.82, 2.24) is 0 Å². The van der Waals surface area contributed by atoms with Crippen LogP contribution in [0.25, 0.3) is 0 Å². The lowest BCUT2D eigenvalue weighted by Crippen LogP contribution is -2.42. The van der Waals surface area contributed by atoms with Crippen LogP contribution in [0.1, 0.15) is 19.4 Å². The molecule has 0 amide bonds. The molecule has 1 N–H and O–H groups in total. The van der Waals surface area contributed by atoms with E-state index in [0.29, 0.717) is 5.57 Å². The molecule has 0 bridgehead atoms. The molecular weight excluding hydrogens is 296 g/mol. The second-order valence-corrected chi connectivity index (χ2v) is 6.23. The summed E-state index contributed by atoms with van der Waals surface area (Å²) in [5, 5.41) is 10.1. The van der Waals surface area contributed by atoms with Crippen molar-refractivity contribution >= 4 is 11.9 Å². The SMILES string of the molecule is C[C@H]1[C@H](C(=O)OCc2ccccc2)[C@H]2C(=C[C@H]1O)C(=O)O[C@@H]2C. The Morgan fingerprint density at radius 1 is 1.26 bits per heavy atom. The molecule has 1 aliphatic carbocycles. The summed E-state index contributed by atoms with van der Waals surface area (Å²) in [5.41, 5.74) is 1.29. The molecule has 5 atom stereocenters. The predicted octanol–water partition coefficient (Wildman–Crippen LogP) is 1.84. The summed E-state index contributed by atoms with van der Waals surface area (Å²) in [5.74, 6) is -2.13. The first-order valence-corrected chi connectivity index (χ1v) is 7.80. The van der Waals surface area contributed by atoms with Crippen LogP contribution >= 0.6 is 0 Å². The van der Waals surface area contributed by atoms with E-state index in [2.05, 4.69) is 0 Å². The summed E-state index contributed by atoms with van der Waals surface area (Å²) >= 11 is 0. The zero-order valence-electron chi connectivity index (χ0n) is 13.1. The van der Waals surface area contributed by atoms with E-state index in [4.69, 9.17) is 9.47 Å². The zero-order valence-corrected chi connectivity index (χ0v) is 13.1. The normalized spacial score (nSPS) is 32.7. The molecule has 1 fully saturated rings. The van der Waals surface area contributed by atoms with Gasteiger partial charge in [0, 0.05) is 11.5 Å². The van der Waals surface area contributed by atoms with Gasteiger partial charge in [0.25, 0.3) is 0 Å². The van der Waals surface area contributed by atoms with Crippen LogP contribution in [0.5, 0.6) is 0 Å². The van der Waals surface area contributed by atoms with Crippen LogP contribution in [0.3, 0.4) is 0 Å². The minimum Gasteiger partial charge on any atom is -0.461 e. The molecule has 0 radical (unpaired) electrons. The summed E-state index contributed by atoms with van der Waals surface area (Å²) in [6, 6.07) is 9.40. The standard InChI is InChI=1S/C18H20O5/c1-10-14(19)8-13-16(11(2)23-17(13)20)15(10)18(21)22-9-12-6-4-3-5-7-12/h3-8,10-11,14-16,19H,9H2,1-2H3/t10-,11-,14-,15+,16-/m1/s1. The number of ether oxygens (including phenoxy) is 2. The van der Waals surface area contributed by atoms with E-state index >= 15 is 0 Å². The Hall–Kier alpha value is -2.14. The number of fused-ring (bicyclic) bond motifs is 1. The largest absolute Gasteiger partial charge is 0.461 e. The van der Waals surface area contributed by atoms with Crippen molar-refractivity contribution in [1.29, 1.82) is 0 Å². The molecule has 3 rings (SSSR count). The van der Waals surface area contributed by atoms with Crippen molar-refractivity contribution in [3.05, 3.63) is 47.5 Å². The number of hydrogen-bond donors (Lipinski definition) is 1. The number of hydrogen-bond acceptors (Lipinski definition) is 5. The third-order valence-electron chi connectivity index (χ3n) is 4.73. The number of aliphatic hydroxyl groups excluding tert-OH is 1. The molecule has 23 heavy (non-hydrogen) atoms. The van der Waals surface area contributed by atoms with Crippen LogP contribution in [0, 0.1) is 17.8 Å².